The van der Waals surface area contributed by atoms with Gasteiger partial charge in [0, 0.05) is 24.5 Å². The number of amides is 3. The zero-order valence-corrected chi connectivity index (χ0v) is 12.7. The number of nitrogens with one attached hydrogen (secondary N) is 2. The summed E-state index contributed by atoms with van der Waals surface area (Å²) in [6.45, 7) is 1.19. The second-order valence-corrected chi connectivity index (χ2v) is 5.39. The van der Waals surface area contributed by atoms with Crippen LogP contribution >= 0.6 is 11.6 Å². The molecule has 0 spiro atoms. The van der Waals surface area contributed by atoms with Crippen molar-refractivity contribution in [2.45, 2.75) is 0 Å². The second-order valence-electron chi connectivity index (χ2n) is 4.98. The van der Waals surface area contributed by atoms with Crippen LogP contribution in [0.15, 0.2) is 42.5 Å². The van der Waals surface area contributed by atoms with E-state index in [1.54, 1.807) is 29.2 Å². The number of urea groups is 1. The van der Waals surface area contributed by atoms with Gasteiger partial charge in [0.05, 0.1) is 10.6 Å². The summed E-state index contributed by atoms with van der Waals surface area (Å²) in [7, 11) is 0. The van der Waals surface area contributed by atoms with E-state index in [4.69, 9.17) is 11.6 Å². The van der Waals surface area contributed by atoms with Crippen molar-refractivity contribution in [3.8, 4) is 0 Å². The predicted octanol–water partition coefficient (Wildman–Crippen LogP) is 3.26. The van der Waals surface area contributed by atoms with Crippen LogP contribution in [0.25, 0.3) is 0 Å². The standard InChI is InChI=1S/C16H13ClFN3O2/c17-12-2-1-3-13(18)14(12)15(22)20-10-4-6-11(7-5-10)21-9-8-19-16(21)23/h1-7H,8-9H2,(H,19,23)(H,20,22). The Labute approximate surface area is 137 Å². The maximum absolute atomic E-state index is 13.7. The van der Waals surface area contributed by atoms with Gasteiger partial charge in [-0.15, -0.1) is 0 Å². The molecule has 5 nitrogen and oxygen atoms in total. The molecule has 0 bridgehead atoms. The van der Waals surface area contributed by atoms with Crippen molar-refractivity contribution in [3.05, 3.63) is 58.9 Å². The lowest BCUT2D eigenvalue weighted by atomic mass is 10.2. The molecule has 0 aromatic heterocycles. The van der Waals surface area contributed by atoms with Crippen molar-refractivity contribution in [3.63, 3.8) is 0 Å². The summed E-state index contributed by atoms with van der Waals surface area (Å²) >= 11 is 5.87. The molecule has 3 amide bonds. The van der Waals surface area contributed by atoms with Crippen molar-refractivity contribution in [2.24, 2.45) is 0 Å². The molecular formula is C16H13ClFN3O2. The van der Waals surface area contributed by atoms with Crippen molar-refractivity contribution < 1.29 is 14.0 Å². The summed E-state index contributed by atoms with van der Waals surface area (Å²) in [6.07, 6.45) is 0. The minimum atomic E-state index is -0.680. The van der Waals surface area contributed by atoms with Gasteiger partial charge in [-0.1, -0.05) is 17.7 Å². The van der Waals surface area contributed by atoms with Crippen LogP contribution < -0.4 is 15.5 Å². The van der Waals surface area contributed by atoms with Crippen molar-refractivity contribution in [1.29, 1.82) is 0 Å². The van der Waals surface area contributed by atoms with Gasteiger partial charge in [-0.3, -0.25) is 9.69 Å². The van der Waals surface area contributed by atoms with Crippen LogP contribution in [0.2, 0.25) is 5.02 Å². The molecule has 2 aromatic carbocycles. The SMILES string of the molecule is O=C(Nc1ccc(N2CCNC2=O)cc1)c1c(F)cccc1Cl. The maximum atomic E-state index is 13.7. The maximum Gasteiger partial charge on any atom is 0.321 e. The van der Waals surface area contributed by atoms with Gasteiger partial charge in [-0.05, 0) is 36.4 Å². The molecule has 1 aliphatic heterocycles. The Morgan fingerprint density at radius 1 is 1.22 bits per heavy atom. The van der Waals surface area contributed by atoms with E-state index in [9.17, 15) is 14.0 Å². The molecule has 118 valence electrons. The summed E-state index contributed by atoms with van der Waals surface area (Å²) in [5.74, 6) is -1.31. The van der Waals surface area contributed by atoms with E-state index >= 15 is 0 Å². The Morgan fingerprint density at radius 2 is 1.96 bits per heavy atom. The number of hydrogen-bond donors (Lipinski definition) is 2. The number of nitrogens with zero attached hydrogens (tertiary/aromatic N) is 1. The van der Waals surface area contributed by atoms with Gasteiger partial charge in [-0.25, -0.2) is 9.18 Å². The normalized spacial score (nSPS) is 13.8. The Balaban J connectivity index is 1.76. The Bertz CT molecular complexity index is 744. The lowest BCUT2D eigenvalue weighted by Gasteiger charge is -2.15. The first-order chi connectivity index (χ1) is 11.1. The Kier molecular flexibility index (Phi) is 4.16. The number of carbonyl (C=O) groups is 2. The van der Waals surface area contributed by atoms with Gasteiger partial charge in [0.2, 0.25) is 0 Å². The van der Waals surface area contributed by atoms with Crippen molar-refractivity contribution >= 4 is 34.9 Å². The predicted molar refractivity (Wildman–Crippen MR) is 86.5 cm³/mol. The third-order valence-electron chi connectivity index (χ3n) is 3.48. The number of hydrogen-bond acceptors (Lipinski definition) is 2. The smallest absolute Gasteiger partial charge is 0.321 e. The van der Waals surface area contributed by atoms with E-state index < -0.39 is 11.7 Å². The van der Waals surface area contributed by atoms with Gasteiger partial charge in [0.15, 0.2) is 0 Å². The highest BCUT2D eigenvalue weighted by molar-refractivity contribution is 6.34. The average molecular weight is 334 g/mol. The Morgan fingerprint density at radius 3 is 2.57 bits per heavy atom. The first kappa shape index (κ1) is 15.3. The molecule has 1 heterocycles. The summed E-state index contributed by atoms with van der Waals surface area (Å²) < 4.78 is 13.7. The molecule has 1 saturated heterocycles. The molecule has 0 aliphatic carbocycles. The highest BCUT2D eigenvalue weighted by Gasteiger charge is 2.21. The van der Waals surface area contributed by atoms with Crippen LogP contribution in [0, 0.1) is 5.82 Å². The zero-order chi connectivity index (χ0) is 16.4. The number of benzene rings is 2. The molecule has 7 heteroatoms. The van der Waals surface area contributed by atoms with Crippen LogP contribution in [-0.2, 0) is 0 Å². The first-order valence-corrected chi connectivity index (χ1v) is 7.35. The summed E-state index contributed by atoms with van der Waals surface area (Å²) in [6, 6.07) is 10.6. The fraction of sp³-hybridized carbons (Fsp3) is 0.125. The van der Waals surface area contributed by atoms with E-state index in [-0.39, 0.29) is 16.6 Å². The minimum Gasteiger partial charge on any atom is -0.336 e. The summed E-state index contributed by atoms with van der Waals surface area (Å²) in [4.78, 5) is 25.3. The molecule has 2 aromatic rings. The number of carbonyl (C=O) groups excluding carboxylic acids is 2. The number of rotatable bonds is 3. The van der Waals surface area contributed by atoms with Crippen LogP contribution in [-0.4, -0.2) is 25.0 Å². The van der Waals surface area contributed by atoms with E-state index in [1.807, 2.05) is 0 Å². The molecule has 1 fully saturated rings. The lowest BCUT2D eigenvalue weighted by molar-refractivity contribution is 0.102. The van der Waals surface area contributed by atoms with Gasteiger partial charge in [-0.2, -0.15) is 0 Å². The first-order valence-electron chi connectivity index (χ1n) is 6.97. The largest absolute Gasteiger partial charge is 0.336 e. The summed E-state index contributed by atoms with van der Waals surface area (Å²) in [5, 5.41) is 5.35. The monoisotopic (exact) mass is 333 g/mol. The second kappa shape index (κ2) is 6.26. The fourth-order valence-electron chi connectivity index (χ4n) is 2.35. The zero-order valence-electron chi connectivity index (χ0n) is 12.0. The fourth-order valence-corrected chi connectivity index (χ4v) is 2.60. The molecule has 2 N–H and O–H groups in total. The van der Waals surface area contributed by atoms with E-state index in [0.29, 0.717) is 18.8 Å². The van der Waals surface area contributed by atoms with Gasteiger partial charge in [0.25, 0.3) is 5.91 Å². The van der Waals surface area contributed by atoms with Crippen LogP contribution in [0.3, 0.4) is 0 Å². The average Bonchev–Trinajstić information content (AvgIpc) is 2.94. The molecule has 23 heavy (non-hydrogen) atoms. The summed E-state index contributed by atoms with van der Waals surface area (Å²) in [5.41, 5.74) is 1.01. The topological polar surface area (TPSA) is 61.4 Å². The molecule has 0 radical (unpaired) electrons. The highest BCUT2D eigenvalue weighted by Crippen LogP contribution is 2.22. The van der Waals surface area contributed by atoms with Crippen LogP contribution in [0.1, 0.15) is 10.4 Å². The minimum absolute atomic E-state index is 0.0489. The van der Waals surface area contributed by atoms with Crippen molar-refractivity contribution in [1.82, 2.24) is 5.32 Å². The van der Waals surface area contributed by atoms with E-state index in [0.717, 1.165) is 5.69 Å². The third kappa shape index (κ3) is 3.12. The Hall–Kier alpha value is -2.60. The van der Waals surface area contributed by atoms with Gasteiger partial charge >= 0.3 is 6.03 Å². The number of halogens is 2. The number of anilines is 2. The molecule has 1 aliphatic rings. The third-order valence-corrected chi connectivity index (χ3v) is 3.80. The lowest BCUT2D eigenvalue weighted by Crippen LogP contribution is -2.27. The molecular weight excluding hydrogens is 321 g/mol. The van der Waals surface area contributed by atoms with Gasteiger partial charge < -0.3 is 10.6 Å². The van der Waals surface area contributed by atoms with E-state index in [2.05, 4.69) is 10.6 Å². The molecule has 0 saturated carbocycles. The highest BCUT2D eigenvalue weighted by atomic mass is 35.5. The molecule has 0 atom stereocenters. The van der Waals surface area contributed by atoms with Crippen molar-refractivity contribution in [2.75, 3.05) is 23.3 Å². The van der Waals surface area contributed by atoms with Crippen LogP contribution in [0.4, 0.5) is 20.6 Å². The van der Waals surface area contributed by atoms with Gasteiger partial charge in [0.1, 0.15) is 5.82 Å². The van der Waals surface area contributed by atoms with E-state index in [1.165, 1.54) is 18.2 Å². The van der Waals surface area contributed by atoms with Crippen LogP contribution in [0.5, 0.6) is 0 Å². The molecule has 0 unspecified atom stereocenters. The molecule has 3 rings (SSSR count). The quantitative estimate of drug-likeness (QED) is 0.905.